The Morgan fingerprint density at radius 3 is 2.28 bits per heavy atom. The molecule has 25 heavy (non-hydrogen) atoms. The molecule has 2 aromatic rings. The van der Waals surface area contributed by atoms with E-state index in [1.54, 1.807) is 30.3 Å². The summed E-state index contributed by atoms with van der Waals surface area (Å²) >= 11 is 18.8. The second-order valence-corrected chi connectivity index (χ2v) is 7.41. The van der Waals surface area contributed by atoms with Crippen molar-refractivity contribution < 1.29 is 9.59 Å². The first-order valence-corrected chi connectivity index (χ1v) is 9.52. The molecule has 0 saturated carbocycles. The van der Waals surface area contributed by atoms with Crippen molar-refractivity contribution in [1.29, 1.82) is 0 Å². The van der Waals surface area contributed by atoms with Gasteiger partial charge in [-0.2, -0.15) is 0 Å². The highest BCUT2D eigenvalue weighted by atomic mass is 35.5. The maximum absolute atomic E-state index is 12.0. The SMILES string of the molecule is Cc1ccc(Cl)cc1NC(=O)CSCC(=O)Nc1ccc(Cl)c(Cl)c1. The number of anilines is 2. The minimum Gasteiger partial charge on any atom is -0.325 e. The lowest BCUT2D eigenvalue weighted by molar-refractivity contribution is -0.114. The number of nitrogens with one attached hydrogen (secondary N) is 2. The van der Waals surface area contributed by atoms with Crippen LogP contribution in [-0.4, -0.2) is 23.3 Å². The van der Waals surface area contributed by atoms with Crippen LogP contribution in [0.25, 0.3) is 0 Å². The van der Waals surface area contributed by atoms with Crippen LogP contribution in [0.1, 0.15) is 5.56 Å². The molecule has 4 nitrogen and oxygen atoms in total. The van der Waals surface area contributed by atoms with Crippen molar-refractivity contribution in [2.75, 3.05) is 22.1 Å². The van der Waals surface area contributed by atoms with Crippen molar-refractivity contribution in [3.8, 4) is 0 Å². The number of carbonyl (C=O) groups excluding carboxylic acids is 2. The Balaban J connectivity index is 1.77. The number of amides is 2. The Bertz CT molecular complexity index is 799. The smallest absolute Gasteiger partial charge is 0.234 e. The summed E-state index contributed by atoms with van der Waals surface area (Å²) in [6.45, 7) is 1.88. The Labute approximate surface area is 165 Å². The minimum absolute atomic E-state index is 0.141. The van der Waals surface area contributed by atoms with E-state index in [1.807, 2.05) is 13.0 Å². The summed E-state index contributed by atoms with van der Waals surface area (Å²) in [5, 5.41) is 6.81. The number of aryl methyl sites for hydroxylation is 1. The molecule has 0 aliphatic rings. The van der Waals surface area contributed by atoms with Crippen LogP contribution in [0.5, 0.6) is 0 Å². The zero-order valence-corrected chi connectivity index (χ0v) is 16.3. The molecule has 0 unspecified atom stereocenters. The molecule has 0 aromatic heterocycles. The second kappa shape index (κ2) is 9.34. The van der Waals surface area contributed by atoms with Gasteiger partial charge in [-0.3, -0.25) is 9.59 Å². The molecule has 0 fully saturated rings. The van der Waals surface area contributed by atoms with E-state index in [-0.39, 0.29) is 23.3 Å². The standard InChI is InChI=1S/C17H15Cl3N2O2S/c1-10-2-3-11(18)6-15(10)22-17(24)9-25-8-16(23)21-12-4-5-13(19)14(20)7-12/h2-7H,8-9H2,1H3,(H,21,23)(H,22,24). The third kappa shape index (κ3) is 6.44. The molecular formula is C17H15Cl3N2O2S. The lowest BCUT2D eigenvalue weighted by atomic mass is 10.2. The molecule has 2 N–H and O–H groups in total. The van der Waals surface area contributed by atoms with E-state index in [0.29, 0.717) is 26.4 Å². The third-order valence-corrected chi connectivity index (χ3v) is 5.05. The molecule has 2 aromatic carbocycles. The molecule has 2 amide bonds. The maximum Gasteiger partial charge on any atom is 0.234 e. The van der Waals surface area contributed by atoms with Crippen LogP contribution in [-0.2, 0) is 9.59 Å². The van der Waals surface area contributed by atoms with Gasteiger partial charge in [0.05, 0.1) is 21.6 Å². The molecular weight excluding hydrogens is 403 g/mol. The van der Waals surface area contributed by atoms with Gasteiger partial charge in [0.25, 0.3) is 0 Å². The number of hydrogen-bond acceptors (Lipinski definition) is 3. The summed E-state index contributed by atoms with van der Waals surface area (Å²) in [6.07, 6.45) is 0. The minimum atomic E-state index is -0.227. The van der Waals surface area contributed by atoms with E-state index in [9.17, 15) is 9.59 Å². The van der Waals surface area contributed by atoms with Crippen molar-refractivity contribution in [2.45, 2.75) is 6.92 Å². The van der Waals surface area contributed by atoms with E-state index < -0.39 is 0 Å². The van der Waals surface area contributed by atoms with E-state index in [2.05, 4.69) is 10.6 Å². The summed E-state index contributed by atoms with van der Waals surface area (Å²) in [5.41, 5.74) is 2.14. The highest BCUT2D eigenvalue weighted by Crippen LogP contribution is 2.25. The molecule has 0 aliphatic carbocycles. The molecule has 0 atom stereocenters. The zero-order chi connectivity index (χ0) is 18.4. The molecule has 0 heterocycles. The fourth-order valence-corrected chi connectivity index (χ4v) is 3.01. The average molecular weight is 418 g/mol. The van der Waals surface area contributed by atoms with Crippen molar-refractivity contribution in [3.05, 3.63) is 57.0 Å². The predicted octanol–water partition coefficient (Wildman–Crippen LogP) is 5.27. The van der Waals surface area contributed by atoms with Gasteiger partial charge in [0, 0.05) is 16.4 Å². The van der Waals surface area contributed by atoms with E-state index in [1.165, 1.54) is 11.8 Å². The van der Waals surface area contributed by atoms with Crippen LogP contribution >= 0.6 is 46.6 Å². The van der Waals surface area contributed by atoms with E-state index in [4.69, 9.17) is 34.8 Å². The first-order valence-electron chi connectivity index (χ1n) is 7.24. The second-order valence-electron chi connectivity index (χ2n) is 5.18. The molecule has 0 radical (unpaired) electrons. The number of benzene rings is 2. The zero-order valence-electron chi connectivity index (χ0n) is 13.2. The molecule has 2 rings (SSSR count). The predicted molar refractivity (Wildman–Crippen MR) is 107 cm³/mol. The van der Waals surface area contributed by atoms with Gasteiger partial charge in [-0.05, 0) is 42.8 Å². The number of thioether (sulfide) groups is 1. The summed E-state index contributed by atoms with van der Waals surface area (Å²) < 4.78 is 0. The third-order valence-electron chi connectivity index (χ3n) is 3.14. The molecule has 132 valence electrons. The van der Waals surface area contributed by atoms with Gasteiger partial charge in [0.2, 0.25) is 11.8 Å². The van der Waals surface area contributed by atoms with Crippen LogP contribution in [0.4, 0.5) is 11.4 Å². The van der Waals surface area contributed by atoms with E-state index in [0.717, 1.165) is 5.56 Å². The fourth-order valence-electron chi connectivity index (χ4n) is 1.92. The van der Waals surface area contributed by atoms with Crippen LogP contribution in [0, 0.1) is 6.92 Å². The van der Waals surface area contributed by atoms with Crippen molar-refractivity contribution in [2.24, 2.45) is 0 Å². The van der Waals surface area contributed by atoms with Crippen molar-refractivity contribution in [3.63, 3.8) is 0 Å². The number of halogens is 3. The Kier molecular flexibility index (Phi) is 7.44. The highest BCUT2D eigenvalue weighted by molar-refractivity contribution is 8.00. The Morgan fingerprint density at radius 1 is 0.920 bits per heavy atom. The monoisotopic (exact) mass is 416 g/mol. The lowest BCUT2D eigenvalue weighted by Gasteiger charge is -2.09. The molecule has 0 bridgehead atoms. The summed E-state index contributed by atoms with van der Waals surface area (Å²) in [7, 11) is 0. The Morgan fingerprint density at radius 2 is 1.60 bits per heavy atom. The van der Waals surface area contributed by atoms with Gasteiger partial charge >= 0.3 is 0 Å². The van der Waals surface area contributed by atoms with Crippen molar-refractivity contribution >= 4 is 69.8 Å². The number of carbonyl (C=O) groups is 2. The van der Waals surface area contributed by atoms with Crippen molar-refractivity contribution in [1.82, 2.24) is 0 Å². The average Bonchev–Trinajstić information content (AvgIpc) is 2.54. The number of hydrogen-bond donors (Lipinski definition) is 2. The van der Waals surface area contributed by atoms with Gasteiger partial charge < -0.3 is 10.6 Å². The highest BCUT2D eigenvalue weighted by Gasteiger charge is 2.09. The normalized spacial score (nSPS) is 10.4. The van der Waals surface area contributed by atoms with Gasteiger partial charge in [-0.25, -0.2) is 0 Å². The lowest BCUT2D eigenvalue weighted by Crippen LogP contribution is -2.18. The first-order chi connectivity index (χ1) is 11.8. The van der Waals surface area contributed by atoms with Gasteiger partial charge in [-0.1, -0.05) is 40.9 Å². The molecule has 8 heteroatoms. The topological polar surface area (TPSA) is 58.2 Å². The van der Waals surface area contributed by atoms with Gasteiger partial charge in [-0.15, -0.1) is 11.8 Å². The van der Waals surface area contributed by atoms with Gasteiger partial charge in [0.1, 0.15) is 0 Å². The summed E-state index contributed by atoms with van der Waals surface area (Å²) in [4.78, 5) is 23.8. The van der Waals surface area contributed by atoms with Crippen LogP contribution in [0.2, 0.25) is 15.1 Å². The number of rotatable bonds is 6. The molecule has 0 spiro atoms. The molecule has 0 saturated heterocycles. The maximum atomic E-state index is 12.0. The Hall–Kier alpha value is -1.40. The largest absolute Gasteiger partial charge is 0.325 e. The van der Waals surface area contributed by atoms with E-state index >= 15 is 0 Å². The fraction of sp³-hybridized carbons (Fsp3) is 0.176. The summed E-state index contributed by atoms with van der Waals surface area (Å²) in [5.74, 6) is -0.129. The summed E-state index contributed by atoms with van der Waals surface area (Å²) in [6, 6.07) is 10.1. The van der Waals surface area contributed by atoms with Crippen LogP contribution in [0.15, 0.2) is 36.4 Å². The van der Waals surface area contributed by atoms with Crippen LogP contribution in [0.3, 0.4) is 0 Å². The quantitative estimate of drug-likeness (QED) is 0.673. The van der Waals surface area contributed by atoms with Crippen LogP contribution < -0.4 is 10.6 Å². The van der Waals surface area contributed by atoms with Gasteiger partial charge in [0.15, 0.2) is 0 Å². The first kappa shape index (κ1) is 19.9. The molecule has 0 aliphatic heterocycles.